The molecule has 0 amide bonds. The lowest BCUT2D eigenvalue weighted by atomic mass is 10.2. The molecule has 1 N–H and O–H groups in total. The molecule has 1 aromatic rings. The van der Waals surface area contributed by atoms with Gasteiger partial charge in [-0.2, -0.15) is 0 Å². The quantitative estimate of drug-likeness (QED) is 0.884. The predicted molar refractivity (Wildman–Crippen MR) is 79.5 cm³/mol. The van der Waals surface area contributed by atoms with Gasteiger partial charge in [-0.05, 0) is 32.7 Å². The fourth-order valence-electron chi connectivity index (χ4n) is 2.35. The van der Waals surface area contributed by atoms with E-state index in [0.717, 1.165) is 6.54 Å². The Morgan fingerprint density at radius 3 is 2.72 bits per heavy atom. The molecule has 1 aliphatic heterocycles. The summed E-state index contributed by atoms with van der Waals surface area (Å²) in [6.45, 7) is 7.88. The van der Waals surface area contributed by atoms with Gasteiger partial charge >= 0.3 is 0 Å². The van der Waals surface area contributed by atoms with Gasteiger partial charge in [0.25, 0.3) is 0 Å². The second-order valence-electron chi connectivity index (χ2n) is 5.12. The normalized spacial score (nSPS) is 18.7. The summed E-state index contributed by atoms with van der Waals surface area (Å²) < 4.78 is 0. The van der Waals surface area contributed by atoms with E-state index in [1.54, 1.807) is 0 Å². The van der Waals surface area contributed by atoms with E-state index in [0.29, 0.717) is 6.04 Å². The first-order valence-corrected chi connectivity index (χ1v) is 8.07. The third kappa shape index (κ3) is 3.69. The van der Waals surface area contributed by atoms with Crippen LogP contribution < -0.4 is 10.2 Å². The Balaban J connectivity index is 1.95. The number of hydrogen-bond acceptors (Lipinski definition) is 4. The SMILES string of the molecule is CCCNC(C)c1cnc(N2CCCCCC2)s1. The molecule has 2 heterocycles. The van der Waals surface area contributed by atoms with Crippen molar-refractivity contribution in [1.29, 1.82) is 0 Å². The standard InChI is InChI=1S/C14H25N3S/c1-3-8-15-12(2)13-11-16-14(18-13)17-9-6-4-5-7-10-17/h11-12,15H,3-10H2,1-2H3. The number of aromatic nitrogens is 1. The maximum absolute atomic E-state index is 4.62. The lowest BCUT2D eigenvalue weighted by Crippen LogP contribution is -2.23. The molecular weight excluding hydrogens is 242 g/mol. The zero-order valence-corrected chi connectivity index (χ0v) is 12.4. The Morgan fingerprint density at radius 1 is 1.33 bits per heavy atom. The van der Waals surface area contributed by atoms with Gasteiger partial charge in [0, 0.05) is 30.2 Å². The Kier molecular flexibility index (Phi) is 5.45. The smallest absolute Gasteiger partial charge is 0.185 e. The summed E-state index contributed by atoms with van der Waals surface area (Å²) in [5.74, 6) is 0. The Bertz CT molecular complexity index is 343. The molecule has 1 atom stereocenters. The highest BCUT2D eigenvalue weighted by atomic mass is 32.1. The van der Waals surface area contributed by atoms with Gasteiger partial charge in [-0.1, -0.05) is 19.8 Å². The van der Waals surface area contributed by atoms with Crippen LogP contribution >= 0.6 is 11.3 Å². The van der Waals surface area contributed by atoms with Crippen molar-refractivity contribution >= 4 is 16.5 Å². The molecule has 1 aliphatic rings. The van der Waals surface area contributed by atoms with Crippen LogP contribution in [0.25, 0.3) is 0 Å². The molecule has 2 rings (SSSR count). The average molecular weight is 267 g/mol. The van der Waals surface area contributed by atoms with E-state index in [9.17, 15) is 0 Å². The van der Waals surface area contributed by atoms with Crippen LogP contribution in [0.5, 0.6) is 0 Å². The van der Waals surface area contributed by atoms with Gasteiger partial charge in [0.1, 0.15) is 0 Å². The number of nitrogens with one attached hydrogen (secondary N) is 1. The molecule has 3 nitrogen and oxygen atoms in total. The summed E-state index contributed by atoms with van der Waals surface area (Å²) in [7, 11) is 0. The van der Waals surface area contributed by atoms with Crippen molar-refractivity contribution in [3.8, 4) is 0 Å². The van der Waals surface area contributed by atoms with E-state index in [1.807, 2.05) is 11.3 Å². The van der Waals surface area contributed by atoms with Crippen molar-refractivity contribution in [2.45, 2.75) is 52.0 Å². The summed E-state index contributed by atoms with van der Waals surface area (Å²) in [5, 5.41) is 4.75. The first-order chi connectivity index (χ1) is 8.81. The van der Waals surface area contributed by atoms with Gasteiger partial charge in [0.15, 0.2) is 5.13 Å². The van der Waals surface area contributed by atoms with Crippen LogP contribution in [-0.2, 0) is 0 Å². The fourth-order valence-corrected chi connectivity index (χ4v) is 3.34. The summed E-state index contributed by atoms with van der Waals surface area (Å²) in [5.41, 5.74) is 0. The van der Waals surface area contributed by atoms with Crippen LogP contribution in [0.15, 0.2) is 6.20 Å². The highest BCUT2D eigenvalue weighted by Gasteiger charge is 2.15. The van der Waals surface area contributed by atoms with Crippen molar-refractivity contribution in [3.63, 3.8) is 0 Å². The summed E-state index contributed by atoms with van der Waals surface area (Å²) >= 11 is 1.86. The van der Waals surface area contributed by atoms with E-state index in [1.165, 1.54) is 55.2 Å². The van der Waals surface area contributed by atoms with Crippen molar-refractivity contribution in [1.82, 2.24) is 10.3 Å². The van der Waals surface area contributed by atoms with Crippen molar-refractivity contribution < 1.29 is 0 Å². The molecule has 0 saturated carbocycles. The number of anilines is 1. The highest BCUT2D eigenvalue weighted by molar-refractivity contribution is 7.15. The fraction of sp³-hybridized carbons (Fsp3) is 0.786. The second-order valence-corrected chi connectivity index (χ2v) is 6.16. The molecule has 1 fully saturated rings. The van der Waals surface area contributed by atoms with Crippen molar-refractivity contribution in [2.75, 3.05) is 24.5 Å². The van der Waals surface area contributed by atoms with Crippen LogP contribution in [0.3, 0.4) is 0 Å². The predicted octanol–water partition coefficient (Wildman–Crippen LogP) is 3.58. The molecular formula is C14H25N3S. The first-order valence-electron chi connectivity index (χ1n) is 7.25. The van der Waals surface area contributed by atoms with Gasteiger partial charge < -0.3 is 10.2 Å². The Hall–Kier alpha value is -0.610. The molecule has 0 bridgehead atoms. The van der Waals surface area contributed by atoms with Gasteiger partial charge in [-0.25, -0.2) is 4.98 Å². The van der Waals surface area contributed by atoms with E-state index >= 15 is 0 Å². The summed E-state index contributed by atoms with van der Waals surface area (Å²) in [6.07, 6.45) is 8.63. The largest absolute Gasteiger partial charge is 0.348 e. The number of nitrogens with zero attached hydrogens (tertiary/aromatic N) is 2. The van der Waals surface area contributed by atoms with E-state index in [2.05, 4.69) is 35.2 Å². The number of thiazole rings is 1. The molecule has 1 aromatic heterocycles. The number of rotatable bonds is 5. The van der Waals surface area contributed by atoms with E-state index < -0.39 is 0 Å². The minimum absolute atomic E-state index is 0.433. The molecule has 0 aromatic carbocycles. The average Bonchev–Trinajstić information content (AvgIpc) is 2.72. The summed E-state index contributed by atoms with van der Waals surface area (Å²) in [4.78, 5) is 8.44. The molecule has 1 saturated heterocycles. The van der Waals surface area contributed by atoms with Crippen LogP contribution in [0.2, 0.25) is 0 Å². The highest BCUT2D eigenvalue weighted by Crippen LogP contribution is 2.28. The molecule has 4 heteroatoms. The first kappa shape index (κ1) is 13.8. The van der Waals surface area contributed by atoms with Crippen LogP contribution in [0.4, 0.5) is 5.13 Å². The van der Waals surface area contributed by atoms with Crippen LogP contribution in [0, 0.1) is 0 Å². The van der Waals surface area contributed by atoms with Crippen LogP contribution in [-0.4, -0.2) is 24.6 Å². The summed E-state index contributed by atoms with van der Waals surface area (Å²) in [6, 6.07) is 0.433. The minimum Gasteiger partial charge on any atom is -0.348 e. The lowest BCUT2D eigenvalue weighted by Gasteiger charge is -2.18. The third-order valence-corrected chi connectivity index (χ3v) is 4.76. The second kappa shape index (κ2) is 7.10. The molecule has 0 radical (unpaired) electrons. The van der Waals surface area contributed by atoms with Gasteiger partial charge in [0.2, 0.25) is 0 Å². The topological polar surface area (TPSA) is 28.2 Å². The molecule has 0 aliphatic carbocycles. The van der Waals surface area contributed by atoms with Crippen molar-refractivity contribution in [3.05, 3.63) is 11.1 Å². The maximum atomic E-state index is 4.62. The zero-order valence-electron chi connectivity index (χ0n) is 11.6. The minimum atomic E-state index is 0.433. The monoisotopic (exact) mass is 267 g/mol. The molecule has 0 spiro atoms. The van der Waals surface area contributed by atoms with Gasteiger partial charge in [0.05, 0.1) is 0 Å². The van der Waals surface area contributed by atoms with Gasteiger partial charge in [-0.3, -0.25) is 0 Å². The number of hydrogen-bond donors (Lipinski definition) is 1. The van der Waals surface area contributed by atoms with E-state index in [4.69, 9.17) is 0 Å². The molecule has 102 valence electrons. The Labute approximate surface area is 115 Å². The molecule has 18 heavy (non-hydrogen) atoms. The lowest BCUT2D eigenvalue weighted by molar-refractivity contribution is 0.577. The van der Waals surface area contributed by atoms with Crippen molar-refractivity contribution in [2.24, 2.45) is 0 Å². The Morgan fingerprint density at radius 2 is 2.06 bits per heavy atom. The molecule has 1 unspecified atom stereocenters. The zero-order chi connectivity index (χ0) is 12.8. The third-order valence-electron chi connectivity index (χ3n) is 3.52. The van der Waals surface area contributed by atoms with Crippen LogP contribution in [0.1, 0.15) is 56.9 Å². The maximum Gasteiger partial charge on any atom is 0.185 e. The van der Waals surface area contributed by atoms with Gasteiger partial charge in [-0.15, -0.1) is 11.3 Å². The van der Waals surface area contributed by atoms with E-state index in [-0.39, 0.29) is 0 Å².